The van der Waals surface area contributed by atoms with Gasteiger partial charge in [0.05, 0.1) is 11.7 Å². The third-order valence-electron chi connectivity index (χ3n) is 2.62. The van der Waals surface area contributed by atoms with E-state index in [0.717, 1.165) is 11.5 Å². The fourth-order valence-electron chi connectivity index (χ4n) is 1.67. The minimum atomic E-state index is 0.298. The third kappa shape index (κ3) is 3.03. The SMILES string of the molecule is Cc1ccc(NC(c2cccs2)C(C)C)nn1. The number of aromatic nitrogens is 2. The van der Waals surface area contributed by atoms with Crippen LogP contribution in [-0.2, 0) is 0 Å². The van der Waals surface area contributed by atoms with Crippen molar-refractivity contribution in [3.05, 3.63) is 40.2 Å². The first kappa shape index (κ1) is 12.0. The maximum Gasteiger partial charge on any atom is 0.149 e. The van der Waals surface area contributed by atoms with Crippen molar-refractivity contribution in [1.29, 1.82) is 0 Å². The Morgan fingerprint density at radius 1 is 1.18 bits per heavy atom. The van der Waals surface area contributed by atoms with Gasteiger partial charge in [0.25, 0.3) is 0 Å². The highest BCUT2D eigenvalue weighted by Gasteiger charge is 2.16. The lowest BCUT2D eigenvalue weighted by Crippen LogP contribution is -2.16. The van der Waals surface area contributed by atoms with Crippen molar-refractivity contribution in [3.8, 4) is 0 Å². The largest absolute Gasteiger partial charge is 0.361 e. The van der Waals surface area contributed by atoms with Crippen molar-refractivity contribution in [1.82, 2.24) is 10.2 Å². The highest BCUT2D eigenvalue weighted by atomic mass is 32.1. The summed E-state index contributed by atoms with van der Waals surface area (Å²) in [6.07, 6.45) is 0. The molecule has 2 aromatic rings. The minimum absolute atomic E-state index is 0.298. The number of nitrogens with zero attached hydrogens (tertiary/aromatic N) is 2. The zero-order chi connectivity index (χ0) is 12.3. The van der Waals surface area contributed by atoms with E-state index in [1.54, 1.807) is 11.3 Å². The second-order valence-corrected chi connectivity index (χ2v) is 5.42. The molecule has 1 unspecified atom stereocenters. The Balaban J connectivity index is 2.16. The first-order chi connectivity index (χ1) is 8.16. The summed E-state index contributed by atoms with van der Waals surface area (Å²) < 4.78 is 0. The Morgan fingerprint density at radius 2 is 2.00 bits per heavy atom. The second-order valence-electron chi connectivity index (χ2n) is 4.44. The lowest BCUT2D eigenvalue weighted by Gasteiger charge is -2.21. The number of rotatable bonds is 4. The van der Waals surface area contributed by atoms with E-state index in [-0.39, 0.29) is 0 Å². The molecule has 0 saturated heterocycles. The smallest absolute Gasteiger partial charge is 0.149 e. The predicted octanol–water partition coefficient (Wildman–Crippen LogP) is 3.66. The molecule has 17 heavy (non-hydrogen) atoms. The molecule has 0 fully saturated rings. The van der Waals surface area contributed by atoms with Crippen molar-refractivity contribution < 1.29 is 0 Å². The third-order valence-corrected chi connectivity index (χ3v) is 3.57. The quantitative estimate of drug-likeness (QED) is 0.896. The Labute approximate surface area is 106 Å². The molecular formula is C13H17N3S. The number of thiophene rings is 1. The van der Waals surface area contributed by atoms with Gasteiger partial charge in [-0.1, -0.05) is 19.9 Å². The van der Waals surface area contributed by atoms with Crippen LogP contribution >= 0.6 is 11.3 Å². The Morgan fingerprint density at radius 3 is 2.53 bits per heavy atom. The zero-order valence-electron chi connectivity index (χ0n) is 10.3. The van der Waals surface area contributed by atoms with Crippen LogP contribution in [0.15, 0.2) is 29.6 Å². The molecule has 0 saturated carbocycles. The lowest BCUT2D eigenvalue weighted by atomic mass is 10.0. The molecule has 0 amide bonds. The molecule has 0 spiro atoms. The second kappa shape index (κ2) is 5.27. The molecule has 0 bridgehead atoms. The van der Waals surface area contributed by atoms with Gasteiger partial charge in [-0.05, 0) is 36.4 Å². The van der Waals surface area contributed by atoms with Gasteiger partial charge in [-0.3, -0.25) is 0 Å². The van der Waals surface area contributed by atoms with Gasteiger partial charge in [-0.25, -0.2) is 0 Å². The van der Waals surface area contributed by atoms with E-state index in [1.807, 2.05) is 19.1 Å². The summed E-state index contributed by atoms with van der Waals surface area (Å²) in [5.41, 5.74) is 0.938. The van der Waals surface area contributed by atoms with E-state index in [9.17, 15) is 0 Å². The molecule has 2 heterocycles. The highest BCUT2D eigenvalue weighted by Crippen LogP contribution is 2.28. The molecule has 0 aliphatic carbocycles. The highest BCUT2D eigenvalue weighted by molar-refractivity contribution is 7.10. The topological polar surface area (TPSA) is 37.8 Å². The molecule has 4 heteroatoms. The van der Waals surface area contributed by atoms with Crippen LogP contribution < -0.4 is 5.32 Å². The molecule has 1 N–H and O–H groups in total. The molecule has 1 atom stereocenters. The van der Waals surface area contributed by atoms with Gasteiger partial charge in [0.1, 0.15) is 5.82 Å². The molecule has 0 aliphatic rings. The Kier molecular flexibility index (Phi) is 3.74. The first-order valence-corrected chi connectivity index (χ1v) is 6.65. The predicted molar refractivity (Wildman–Crippen MR) is 72.3 cm³/mol. The molecule has 3 nitrogen and oxygen atoms in total. The van der Waals surface area contributed by atoms with Crippen LogP contribution in [0.1, 0.15) is 30.5 Å². The van der Waals surface area contributed by atoms with E-state index in [2.05, 4.69) is 46.9 Å². The van der Waals surface area contributed by atoms with Crippen LogP contribution in [0.2, 0.25) is 0 Å². The average Bonchev–Trinajstić information content (AvgIpc) is 2.81. The van der Waals surface area contributed by atoms with E-state index >= 15 is 0 Å². The summed E-state index contributed by atoms with van der Waals surface area (Å²) >= 11 is 1.77. The van der Waals surface area contributed by atoms with Gasteiger partial charge in [0, 0.05) is 4.88 Å². The van der Waals surface area contributed by atoms with E-state index < -0.39 is 0 Å². The van der Waals surface area contributed by atoms with Crippen LogP contribution in [0.25, 0.3) is 0 Å². The molecule has 0 aromatic carbocycles. The Bertz CT molecular complexity index is 448. The average molecular weight is 247 g/mol. The number of aryl methyl sites for hydroxylation is 1. The number of hydrogen-bond acceptors (Lipinski definition) is 4. The lowest BCUT2D eigenvalue weighted by molar-refractivity contribution is 0.551. The molecule has 2 aromatic heterocycles. The normalized spacial score (nSPS) is 12.7. The summed E-state index contributed by atoms with van der Waals surface area (Å²) in [5, 5.41) is 13.8. The van der Waals surface area contributed by atoms with E-state index in [1.165, 1.54) is 4.88 Å². The fraction of sp³-hybridized carbons (Fsp3) is 0.385. The van der Waals surface area contributed by atoms with Gasteiger partial charge in [0.2, 0.25) is 0 Å². The number of anilines is 1. The van der Waals surface area contributed by atoms with Gasteiger partial charge in [0.15, 0.2) is 0 Å². The van der Waals surface area contributed by atoms with Crippen LogP contribution in [0, 0.1) is 12.8 Å². The van der Waals surface area contributed by atoms with Gasteiger partial charge >= 0.3 is 0 Å². The fourth-order valence-corrected chi connectivity index (χ4v) is 2.62. The summed E-state index contributed by atoms with van der Waals surface area (Å²) in [6.45, 7) is 6.36. The molecule has 2 rings (SSSR count). The minimum Gasteiger partial charge on any atom is -0.361 e. The van der Waals surface area contributed by atoms with E-state index in [4.69, 9.17) is 0 Å². The monoisotopic (exact) mass is 247 g/mol. The Hall–Kier alpha value is -1.42. The molecule has 0 aliphatic heterocycles. The van der Waals surface area contributed by atoms with Crippen molar-refractivity contribution >= 4 is 17.2 Å². The maximum absolute atomic E-state index is 4.15. The van der Waals surface area contributed by atoms with Crippen molar-refractivity contribution in [2.75, 3.05) is 5.32 Å². The summed E-state index contributed by atoms with van der Waals surface area (Å²) in [7, 11) is 0. The molecule has 0 radical (unpaired) electrons. The van der Waals surface area contributed by atoms with Crippen molar-refractivity contribution in [3.63, 3.8) is 0 Å². The standard InChI is InChI=1S/C13H17N3S/c1-9(2)13(11-5-4-8-17-11)14-12-7-6-10(3)15-16-12/h4-9,13H,1-3H3,(H,14,16). The van der Waals surface area contributed by atoms with Crippen molar-refractivity contribution in [2.24, 2.45) is 5.92 Å². The zero-order valence-corrected chi connectivity index (χ0v) is 11.2. The number of hydrogen-bond donors (Lipinski definition) is 1. The summed E-state index contributed by atoms with van der Waals surface area (Å²) in [5.74, 6) is 1.35. The van der Waals surface area contributed by atoms with Crippen LogP contribution in [0.5, 0.6) is 0 Å². The molecule has 90 valence electrons. The van der Waals surface area contributed by atoms with E-state index in [0.29, 0.717) is 12.0 Å². The van der Waals surface area contributed by atoms with Crippen LogP contribution in [0.3, 0.4) is 0 Å². The van der Waals surface area contributed by atoms with Crippen molar-refractivity contribution in [2.45, 2.75) is 26.8 Å². The summed E-state index contributed by atoms with van der Waals surface area (Å²) in [6, 6.07) is 8.49. The molecular weight excluding hydrogens is 230 g/mol. The summed E-state index contributed by atoms with van der Waals surface area (Å²) in [4.78, 5) is 1.34. The van der Waals surface area contributed by atoms with Gasteiger partial charge < -0.3 is 5.32 Å². The maximum atomic E-state index is 4.15. The first-order valence-electron chi connectivity index (χ1n) is 5.77. The van der Waals surface area contributed by atoms with Crippen LogP contribution in [-0.4, -0.2) is 10.2 Å². The number of nitrogens with one attached hydrogen (secondary N) is 1. The van der Waals surface area contributed by atoms with Gasteiger partial charge in [-0.15, -0.1) is 16.4 Å². The van der Waals surface area contributed by atoms with Gasteiger partial charge in [-0.2, -0.15) is 5.10 Å². The van der Waals surface area contributed by atoms with Crippen LogP contribution in [0.4, 0.5) is 5.82 Å².